The standard InChI is InChI=1S/C12H17N5O5/c1-12(6-15-3-2-13-8(4-15)10(18)19)7-16-5-9(17(20)21)14-11(16)22-12/h5,8,13H,2-4,6-7H2,1H3,(H,18,19)/t8?,12-/m1/s1. The van der Waals surface area contributed by atoms with E-state index in [0.717, 1.165) is 6.54 Å². The van der Waals surface area contributed by atoms with E-state index in [2.05, 4.69) is 10.3 Å². The number of hydrogen-bond donors (Lipinski definition) is 2. The molecule has 2 atom stereocenters. The number of carboxylic acid groups (broad SMARTS) is 1. The van der Waals surface area contributed by atoms with Crippen molar-refractivity contribution in [2.24, 2.45) is 0 Å². The van der Waals surface area contributed by atoms with Crippen molar-refractivity contribution >= 4 is 11.8 Å². The first-order chi connectivity index (χ1) is 10.4. The van der Waals surface area contributed by atoms with Crippen LogP contribution >= 0.6 is 0 Å². The van der Waals surface area contributed by atoms with Gasteiger partial charge < -0.3 is 25.3 Å². The fourth-order valence-corrected chi connectivity index (χ4v) is 2.96. The lowest BCUT2D eigenvalue weighted by molar-refractivity contribution is -0.389. The molecule has 0 aliphatic carbocycles. The van der Waals surface area contributed by atoms with Crippen LogP contribution in [-0.2, 0) is 11.3 Å². The lowest BCUT2D eigenvalue weighted by atomic mass is 10.1. The number of nitrogens with one attached hydrogen (secondary N) is 1. The Labute approximate surface area is 125 Å². The topological polar surface area (TPSA) is 123 Å². The Morgan fingerprint density at radius 1 is 1.73 bits per heavy atom. The van der Waals surface area contributed by atoms with Crippen molar-refractivity contribution in [3.63, 3.8) is 0 Å². The summed E-state index contributed by atoms with van der Waals surface area (Å²) in [5.41, 5.74) is -0.572. The molecule has 3 rings (SSSR count). The second-order valence-corrected chi connectivity index (χ2v) is 5.90. The molecule has 1 aromatic rings. The third kappa shape index (κ3) is 2.74. The van der Waals surface area contributed by atoms with Gasteiger partial charge in [-0.3, -0.25) is 14.3 Å². The highest BCUT2D eigenvalue weighted by molar-refractivity contribution is 5.73. The molecule has 3 heterocycles. The molecule has 1 fully saturated rings. The van der Waals surface area contributed by atoms with E-state index in [0.29, 0.717) is 26.2 Å². The number of carbonyl (C=O) groups is 1. The van der Waals surface area contributed by atoms with Crippen LogP contribution in [0, 0.1) is 10.1 Å². The van der Waals surface area contributed by atoms with Gasteiger partial charge in [0.25, 0.3) is 0 Å². The van der Waals surface area contributed by atoms with Crippen LogP contribution in [-0.4, -0.2) is 68.3 Å². The lowest BCUT2D eigenvalue weighted by Crippen LogP contribution is -2.57. The number of aromatic nitrogens is 2. The molecule has 1 aromatic heterocycles. The average Bonchev–Trinajstić information content (AvgIpc) is 2.93. The van der Waals surface area contributed by atoms with Crippen LogP contribution in [0.25, 0.3) is 0 Å². The van der Waals surface area contributed by atoms with Gasteiger partial charge in [0.2, 0.25) is 0 Å². The number of aliphatic carboxylic acids is 1. The molecular weight excluding hydrogens is 294 g/mol. The van der Waals surface area contributed by atoms with E-state index in [1.807, 2.05) is 11.8 Å². The van der Waals surface area contributed by atoms with Crippen molar-refractivity contribution in [2.45, 2.75) is 25.1 Å². The predicted octanol–water partition coefficient (Wildman–Crippen LogP) is -0.699. The van der Waals surface area contributed by atoms with Crippen LogP contribution in [0.4, 0.5) is 5.82 Å². The van der Waals surface area contributed by atoms with E-state index in [1.165, 1.54) is 6.20 Å². The van der Waals surface area contributed by atoms with Gasteiger partial charge in [0, 0.05) is 31.2 Å². The van der Waals surface area contributed by atoms with Crippen LogP contribution in [0.5, 0.6) is 6.01 Å². The molecule has 22 heavy (non-hydrogen) atoms. The summed E-state index contributed by atoms with van der Waals surface area (Å²) >= 11 is 0. The number of imidazole rings is 1. The number of piperazine rings is 1. The summed E-state index contributed by atoms with van der Waals surface area (Å²) in [5, 5.41) is 22.7. The van der Waals surface area contributed by atoms with Gasteiger partial charge in [0.1, 0.15) is 17.8 Å². The molecule has 0 bridgehead atoms. The summed E-state index contributed by atoms with van der Waals surface area (Å²) in [6, 6.07) is -0.351. The molecule has 10 nitrogen and oxygen atoms in total. The number of rotatable bonds is 4. The maximum absolute atomic E-state index is 11.1. The maximum atomic E-state index is 11.1. The third-order valence-corrected chi connectivity index (χ3v) is 3.87. The fraction of sp³-hybridized carbons (Fsp3) is 0.667. The Balaban J connectivity index is 1.65. The molecule has 2 N–H and O–H groups in total. The highest BCUT2D eigenvalue weighted by Gasteiger charge is 2.42. The Hall–Kier alpha value is -2.20. The van der Waals surface area contributed by atoms with E-state index in [-0.39, 0.29) is 11.8 Å². The molecule has 1 unspecified atom stereocenters. The zero-order chi connectivity index (χ0) is 15.9. The molecule has 1 saturated heterocycles. The molecule has 2 aliphatic heterocycles. The number of nitro groups is 1. The molecule has 0 aromatic carbocycles. The Bertz CT molecular complexity index is 592. The average molecular weight is 311 g/mol. The number of carboxylic acids is 1. The van der Waals surface area contributed by atoms with Gasteiger partial charge in [0.05, 0.1) is 6.54 Å². The summed E-state index contributed by atoms with van der Waals surface area (Å²) in [6.45, 7) is 4.61. The summed E-state index contributed by atoms with van der Waals surface area (Å²) < 4.78 is 7.38. The van der Waals surface area contributed by atoms with Crippen molar-refractivity contribution in [3.05, 3.63) is 16.3 Å². The molecule has 2 aliphatic rings. The molecule has 120 valence electrons. The monoisotopic (exact) mass is 311 g/mol. The zero-order valence-corrected chi connectivity index (χ0v) is 12.1. The van der Waals surface area contributed by atoms with Crippen LogP contribution < -0.4 is 10.1 Å². The second-order valence-electron chi connectivity index (χ2n) is 5.90. The zero-order valence-electron chi connectivity index (χ0n) is 12.1. The van der Waals surface area contributed by atoms with Gasteiger partial charge in [-0.25, -0.2) is 0 Å². The van der Waals surface area contributed by atoms with E-state index < -0.39 is 22.5 Å². The van der Waals surface area contributed by atoms with Gasteiger partial charge in [-0.1, -0.05) is 0 Å². The van der Waals surface area contributed by atoms with Crippen molar-refractivity contribution in [2.75, 3.05) is 26.2 Å². The molecule has 0 radical (unpaired) electrons. The van der Waals surface area contributed by atoms with Crippen molar-refractivity contribution in [1.29, 1.82) is 0 Å². The third-order valence-electron chi connectivity index (χ3n) is 3.87. The Morgan fingerprint density at radius 2 is 2.50 bits per heavy atom. The minimum Gasteiger partial charge on any atom is -0.480 e. The van der Waals surface area contributed by atoms with E-state index in [9.17, 15) is 14.9 Å². The second kappa shape index (κ2) is 5.21. The summed E-state index contributed by atoms with van der Waals surface area (Å²) in [6.07, 6.45) is 1.36. The Morgan fingerprint density at radius 3 is 3.14 bits per heavy atom. The summed E-state index contributed by atoms with van der Waals surface area (Å²) in [7, 11) is 0. The number of nitrogens with zero attached hydrogens (tertiary/aromatic N) is 4. The van der Waals surface area contributed by atoms with Crippen LogP contribution in [0.1, 0.15) is 6.92 Å². The quantitative estimate of drug-likeness (QED) is 0.553. The number of fused-ring (bicyclic) bond motifs is 1. The fourth-order valence-electron chi connectivity index (χ4n) is 2.96. The van der Waals surface area contributed by atoms with Crippen LogP contribution in [0.2, 0.25) is 0 Å². The number of hydrogen-bond acceptors (Lipinski definition) is 7. The van der Waals surface area contributed by atoms with Gasteiger partial charge in [-0.05, 0) is 11.8 Å². The first-order valence-electron chi connectivity index (χ1n) is 6.95. The molecule has 0 spiro atoms. The van der Waals surface area contributed by atoms with Crippen molar-refractivity contribution in [1.82, 2.24) is 19.8 Å². The number of ether oxygens (including phenoxy) is 1. The van der Waals surface area contributed by atoms with Crippen LogP contribution in [0.15, 0.2) is 6.20 Å². The first kappa shape index (κ1) is 14.7. The summed E-state index contributed by atoms with van der Waals surface area (Å²) in [4.78, 5) is 27.1. The minimum absolute atomic E-state index is 0.231. The predicted molar refractivity (Wildman–Crippen MR) is 73.8 cm³/mol. The van der Waals surface area contributed by atoms with E-state index in [4.69, 9.17) is 9.84 Å². The van der Waals surface area contributed by atoms with Crippen molar-refractivity contribution in [3.8, 4) is 6.01 Å². The smallest absolute Gasteiger partial charge is 0.415 e. The maximum Gasteiger partial charge on any atom is 0.415 e. The largest absolute Gasteiger partial charge is 0.480 e. The highest BCUT2D eigenvalue weighted by atomic mass is 16.6. The molecule has 10 heteroatoms. The van der Waals surface area contributed by atoms with E-state index >= 15 is 0 Å². The molecule has 0 amide bonds. The van der Waals surface area contributed by atoms with Gasteiger partial charge >= 0.3 is 17.8 Å². The normalized spacial score (nSPS) is 28.1. The minimum atomic E-state index is -0.870. The first-order valence-corrected chi connectivity index (χ1v) is 6.95. The van der Waals surface area contributed by atoms with E-state index in [1.54, 1.807) is 4.57 Å². The SMILES string of the molecule is C[C@@]1(CN2CCNC(C(=O)O)C2)Cn2cc([N+](=O)[O-])nc2O1. The van der Waals surface area contributed by atoms with Gasteiger partial charge in [-0.2, -0.15) is 0 Å². The molecular formula is C12H17N5O5. The van der Waals surface area contributed by atoms with Gasteiger partial charge in [-0.15, -0.1) is 0 Å². The van der Waals surface area contributed by atoms with Gasteiger partial charge in [0.15, 0.2) is 0 Å². The highest BCUT2D eigenvalue weighted by Crippen LogP contribution is 2.31. The summed E-state index contributed by atoms with van der Waals surface area (Å²) in [5.74, 6) is -1.10. The lowest BCUT2D eigenvalue weighted by Gasteiger charge is -2.36. The van der Waals surface area contributed by atoms with Crippen molar-refractivity contribution < 1.29 is 19.6 Å². The molecule has 0 saturated carbocycles. The Kier molecular flexibility index (Phi) is 3.49. The van der Waals surface area contributed by atoms with Crippen LogP contribution in [0.3, 0.4) is 0 Å².